The molecule has 1 aliphatic heterocycles. The summed E-state index contributed by atoms with van der Waals surface area (Å²) in [5, 5.41) is 0.877. The van der Waals surface area contributed by atoms with Crippen LogP contribution in [0.5, 0.6) is 5.75 Å². The molecule has 5 rings (SSSR count). The van der Waals surface area contributed by atoms with Crippen molar-refractivity contribution in [1.29, 1.82) is 0 Å². The zero-order chi connectivity index (χ0) is 20.5. The SMILES string of the molecule is Nn1c(=O)c(-c2nc3ccc(OCCN4CCOCC4)cc3[nH]2)cc2ccccc21. The first-order valence-electron chi connectivity index (χ1n) is 10.0. The highest BCUT2D eigenvalue weighted by Gasteiger charge is 2.14. The molecule has 1 aliphatic rings. The number of hydrogen-bond acceptors (Lipinski definition) is 6. The Hall–Kier alpha value is -3.36. The van der Waals surface area contributed by atoms with Crippen molar-refractivity contribution in [2.24, 2.45) is 0 Å². The lowest BCUT2D eigenvalue weighted by Crippen LogP contribution is -2.38. The van der Waals surface area contributed by atoms with Crippen LogP contribution in [0.4, 0.5) is 0 Å². The molecule has 0 bridgehead atoms. The van der Waals surface area contributed by atoms with Gasteiger partial charge in [-0.25, -0.2) is 9.66 Å². The molecule has 1 saturated heterocycles. The Balaban J connectivity index is 1.39. The molecule has 4 aromatic rings. The molecule has 0 spiro atoms. The maximum Gasteiger partial charge on any atom is 0.280 e. The van der Waals surface area contributed by atoms with Gasteiger partial charge in [-0.1, -0.05) is 18.2 Å². The van der Waals surface area contributed by atoms with Crippen molar-refractivity contribution in [3.63, 3.8) is 0 Å². The quantitative estimate of drug-likeness (QED) is 0.493. The van der Waals surface area contributed by atoms with E-state index in [4.69, 9.17) is 15.3 Å². The third-order valence-corrected chi connectivity index (χ3v) is 5.43. The van der Waals surface area contributed by atoms with Crippen LogP contribution in [0.25, 0.3) is 33.3 Å². The highest BCUT2D eigenvalue weighted by atomic mass is 16.5. The van der Waals surface area contributed by atoms with Crippen LogP contribution in [-0.2, 0) is 4.74 Å². The molecule has 3 heterocycles. The van der Waals surface area contributed by atoms with Gasteiger partial charge in [-0.15, -0.1) is 0 Å². The average Bonchev–Trinajstić information content (AvgIpc) is 3.20. The smallest absolute Gasteiger partial charge is 0.280 e. The van der Waals surface area contributed by atoms with Gasteiger partial charge in [0.05, 0.1) is 35.3 Å². The number of nitrogen functional groups attached to an aromatic ring is 1. The molecule has 0 radical (unpaired) electrons. The molecule has 0 atom stereocenters. The third-order valence-electron chi connectivity index (χ3n) is 5.43. The van der Waals surface area contributed by atoms with E-state index >= 15 is 0 Å². The van der Waals surface area contributed by atoms with Crippen molar-refractivity contribution in [2.75, 3.05) is 45.3 Å². The molecule has 3 N–H and O–H groups in total. The number of ether oxygens (including phenoxy) is 2. The van der Waals surface area contributed by atoms with E-state index in [0.717, 1.165) is 59.7 Å². The molecule has 8 heteroatoms. The first-order chi connectivity index (χ1) is 14.7. The van der Waals surface area contributed by atoms with Crippen LogP contribution in [0.2, 0.25) is 0 Å². The number of para-hydroxylation sites is 1. The van der Waals surface area contributed by atoms with E-state index in [1.807, 2.05) is 48.5 Å². The predicted molar refractivity (Wildman–Crippen MR) is 116 cm³/mol. The summed E-state index contributed by atoms with van der Waals surface area (Å²) in [6.07, 6.45) is 0. The number of morpholine rings is 1. The van der Waals surface area contributed by atoms with Gasteiger partial charge in [0.2, 0.25) is 0 Å². The summed E-state index contributed by atoms with van der Waals surface area (Å²) in [5.41, 5.74) is 2.39. The van der Waals surface area contributed by atoms with Gasteiger partial charge in [0.1, 0.15) is 18.2 Å². The highest BCUT2D eigenvalue weighted by molar-refractivity contribution is 5.85. The maximum absolute atomic E-state index is 12.8. The van der Waals surface area contributed by atoms with Gasteiger partial charge < -0.3 is 20.3 Å². The minimum atomic E-state index is -0.297. The first-order valence-corrected chi connectivity index (χ1v) is 10.0. The van der Waals surface area contributed by atoms with Gasteiger partial charge in [-0.3, -0.25) is 9.69 Å². The Morgan fingerprint density at radius 3 is 2.83 bits per heavy atom. The molecule has 0 aliphatic carbocycles. The molecular weight excluding hydrogens is 382 g/mol. The van der Waals surface area contributed by atoms with E-state index in [9.17, 15) is 4.79 Å². The number of hydrogen-bond donors (Lipinski definition) is 2. The summed E-state index contributed by atoms with van der Waals surface area (Å²) >= 11 is 0. The zero-order valence-corrected chi connectivity index (χ0v) is 16.5. The monoisotopic (exact) mass is 405 g/mol. The summed E-state index contributed by atoms with van der Waals surface area (Å²) in [7, 11) is 0. The normalized spacial score (nSPS) is 15.1. The number of H-pyrrole nitrogens is 1. The number of nitrogens with one attached hydrogen (secondary N) is 1. The number of aromatic nitrogens is 3. The topological polar surface area (TPSA) is 98.4 Å². The second kappa shape index (κ2) is 7.81. The Morgan fingerprint density at radius 2 is 1.97 bits per heavy atom. The second-order valence-corrected chi connectivity index (χ2v) is 7.36. The Labute approximate surface area is 172 Å². The summed E-state index contributed by atoms with van der Waals surface area (Å²) in [4.78, 5) is 22.9. The molecule has 2 aromatic heterocycles. The van der Waals surface area contributed by atoms with Gasteiger partial charge in [0, 0.05) is 31.1 Å². The molecule has 1 fully saturated rings. The van der Waals surface area contributed by atoms with E-state index < -0.39 is 0 Å². The van der Waals surface area contributed by atoms with Gasteiger partial charge in [0.15, 0.2) is 0 Å². The minimum Gasteiger partial charge on any atom is -0.492 e. The number of imidazole rings is 1. The summed E-state index contributed by atoms with van der Waals surface area (Å²) in [6.45, 7) is 4.91. The lowest BCUT2D eigenvalue weighted by molar-refractivity contribution is 0.0322. The van der Waals surface area contributed by atoms with E-state index in [1.54, 1.807) is 0 Å². The molecule has 0 unspecified atom stereocenters. The van der Waals surface area contributed by atoms with E-state index in [0.29, 0.717) is 23.5 Å². The van der Waals surface area contributed by atoms with Crippen LogP contribution in [-0.4, -0.2) is 59.0 Å². The fourth-order valence-corrected chi connectivity index (χ4v) is 3.78. The molecule has 8 nitrogen and oxygen atoms in total. The molecule has 2 aromatic carbocycles. The van der Waals surface area contributed by atoms with E-state index in [-0.39, 0.29) is 5.56 Å². The van der Waals surface area contributed by atoms with Crippen LogP contribution in [0.3, 0.4) is 0 Å². The molecule has 30 heavy (non-hydrogen) atoms. The van der Waals surface area contributed by atoms with Crippen molar-refractivity contribution in [3.05, 3.63) is 58.9 Å². The lowest BCUT2D eigenvalue weighted by Gasteiger charge is -2.26. The number of nitrogens with zero attached hydrogens (tertiary/aromatic N) is 3. The van der Waals surface area contributed by atoms with Crippen molar-refractivity contribution >= 4 is 21.9 Å². The predicted octanol–water partition coefficient (Wildman–Crippen LogP) is 1.97. The van der Waals surface area contributed by atoms with Crippen LogP contribution in [0.1, 0.15) is 0 Å². The van der Waals surface area contributed by atoms with Crippen LogP contribution < -0.4 is 16.1 Å². The number of benzene rings is 2. The second-order valence-electron chi connectivity index (χ2n) is 7.36. The summed E-state index contributed by atoms with van der Waals surface area (Å²) in [5.74, 6) is 7.28. The number of nitrogens with two attached hydrogens (primary N) is 1. The van der Waals surface area contributed by atoms with E-state index in [1.165, 1.54) is 0 Å². The largest absolute Gasteiger partial charge is 0.492 e. The number of aromatic amines is 1. The first kappa shape index (κ1) is 18.7. The van der Waals surface area contributed by atoms with E-state index in [2.05, 4.69) is 14.9 Å². The Morgan fingerprint density at radius 1 is 1.13 bits per heavy atom. The summed E-state index contributed by atoms with van der Waals surface area (Å²) in [6, 6.07) is 15.0. The van der Waals surface area contributed by atoms with Crippen LogP contribution in [0, 0.1) is 0 Å². The van der Waals surface area contributed by atoms with Gasteiger partial charge in [-0.2, -0.15) is 0 Å². The fraction of sp³-hybridized carbons (Fsp3) is 0.273. The van der Waals surface area contributed by atoms with Crippen LogP contribution >= 0.6 is 0 Å². The highest BCUT2D eigenvalue weighted by Crippen LogP contribution is 2.24. The van der Waals surface area contributed by atoms with Crippen molar-refractivity contribution in [3.8, 4) is 17.1 Å². The molecule has 154 valence electrons. The maximum atomic E-state index is 12.8. The number of fused-ring (bicyclic) bond motifs is 2. The molecule has 0 saturated carbocycles. The lowest BCUT2D eigenvalue weighted by atomic mass is 10.1. The summed E-state index contributed by atoms with van der Waals surface area (Å²) < 4.78 is 12.4. The van der Waals surface area contributed by atoms with Crippen molar-refractivity contribution in [1.82, 2.24) is 19.5 Å². The minimum absolute atomic E-state index is 0.297. The zero-order valence-electron chi connectivity index (χ0n) is 16.5. The molecular formula is C22H23N5O3. The van der Waals surface area contributed by atoms with Gasteiger partial charge in [-0.05, 0) is 24.3 Å². The average molecular weight is 405 g/mol. The number of pyridine rings is 1. The third kappa shape index (κ3) is 3.51. The fourth-order valence-electron chi connectivity index (χ4n) is 3.78. The van der Waals surface area contributed by atoms with Gasteiger partial charge in [0.25, 0.3) is 5.56 Å². The van der Waals surface area contributed by atoms with Crippen molar-refractivity contribution in [2.45, 2.75) is 0 Å². The van der Waals surface area contributed by atoms with Crippen molar-refractivity contribution < 1.29 is 9.47 Å². The van der Waals surface area contributed by atoms with Gasteiger partial charge >= 0.3 is 0 Å². The standard InChI is InChI=1S/C22H23N5O3/c23-27-20-4-2-1-3-15(20)13-17(22(27)28)21-24-18-6-5-16(14-19(18)25-21)30-12-9-26-7-10-29-11-8-26/h1-6,13-14H,7-12,23H2,(H,24,25). The Bertz CT molecular complexity index is 1260. The Kier molecular flexibility index (Phi) is 4.86. The number of rotatable bonds is 5. The van der Waals surface area contributed by atoms with Crippen LogP contribution in [0.15, 0.2) is 53.3 Å². The molecule has 0 amide bonds.